The van der Waals surface area contributed by atoms with Gasteiger partial charge in [0.1, 0.15) is 0 Å². The van der Waals surface area contributed by atoms with E-state index in [-0.39, 0.29) is 11.8 Å². The molecule has 2 saturated carbocycles. The first kappa shape index (κ1) is 17.8. The number of rotatable bonds is 2. The van der Waals surface area contributed by atoms with E-state index in [0.717, 1.165) is 51.9 Å². The van der Waals surface area contributed by atoms with E-state index in [1.807, 2.05) is 9.80 Å². The van der Waals surface area contributed by atoms with E-state index >= 15 is 0 Å². The van der Waals surface area contributed by atoms with Crippen LogP contribution in [0.3, 0.4) is 0 Å². The summed E-state index contributed by atoms with van der Waals surface area (Å²) in [7, 11) is 0. The Hall–Kier alpha value is -1.06. The van der Waals surface area contributed by atoms with Gasteiger partial charge in [-0.25, -0.2) is 0 Å². The van der Waals surface area contributed by atoms with Crippen LogP contribution >= 0.6 is 0 Å². The van der Waals surface area contributed by atoms with Crippen LogP contribution in [0.2, 0.25) is 0 Å². The Labute approximate surface area is 146 Å². The molecule has 4 heteroatoms. The molecule has 136 valence electrons. The third-order valence-electron chi connectivity index (χ3n) is 6.31. The summed E-state index contributed by atoms with van der Waals surface area (Å²) in [6, 6.07) is 0. The van der Waals surface area contributed by atoms with Crippen LogP contribution in [0.5, 0.6) is 0 Å². The molecule has 3 aliphatic rings. The summed E-state index contributed by atoms with van der Waals surface area (Å²) in [5.41, 5.74) is 0. The summed E-state index contributed by atoms with van der Waals surface area (Å²) < 4.78 is 0. The minimum atomic E-state index is 0.247. The van der Waals surface area contributed by atoms with Crippen LogP contribution in [0, 0.1) is 11.8 Å². The number of hydrogen-bond donors (Lipinski definition) is 0. The molecule has 0 radical (unpaired) electrons. The van der Waals surface area contributed by atoms with E-state index in [9.17, 15) is 9.59 Å². The third-order valence-corrected chi connectivity index (χ3v) is 6.31. The van der Waals surface area contributed by atoms with Crippen molar-refractivity contribution >= 4 is 11.8 Å². The average molecular weight is 335 g/mol. The zero-order chi connectivity index (χ0) is 16.8. The Morgan fingerprint density at radius 1 is 0.500 bits per heavy atom. The average Bonchev–Trinajstić information content (AvgIpc) is 3.06. The Kier molecular flexibility index (Phi) is 6.56. The molecule has 2 amide bonds. The molecule has 0 aromatic carbocycles. The van der Waals surface area contributed by atoms with Crippen molar-refractivity contribution in [3.63, 3.8) is 0 Å². The molecule has 24 heavy (non-hydrogen) atoms. The van der Waals surface area contributed by atoms with E-state index in [0.29, 0.717) is 11.8 Å². The molecule has 3 rings (SSSR count). The topological polar surface area (TPSA) is 40.6 Å². The molecular weight excluding hydrogens is 300 g/mol. The van der Waals surface area contributed by atoms with Gasteiger partial charge in [0.15, 0.2) is 0 Å². The summed E-state index contributed by atoms with van der Waals surface area (Å²) in [5.74, 6) is 1.21. The Morgan fingerprint density at radius 2 is 0.792 bits per heavy atom. The quantitative estimate of drug-likeness (QED) is 0.724. The van der Waals surface area contributed by atoms with Gasteiger partial charge in [0.05, 0.1) is 0 Å². The molecule has 0 aromatic rings. The SMILES string of the molecule is O=C(C1CCCCCC1)N1CCN(C(=O)C2CCCCCC2)CC1. The molecule has 1 saturated heterocycles. The molecule has 2 aliphatic carbocycles. The number of carbonyl (C=O) groups is 2. The highest BCUT2D eigenvalue weighted by molar-refractivity contribution is 5.81. The highest BCUT2D eigenvalue weighted by Gasteiger charge is 2.31. The number of nitrogens with zero attached hydrogens (tertiary/aromatic N) is 2. The molecule has 3 fully saturated rings. The zero-order valence-corrected chi connectivity index (χ0v) is 15.2. The normalized spacial score (nSPS) is 25.2. The number of amides is 2. The van der Waals surface area contributed by atoms with Gasteiger partial charge in [0.2, 0.25) is 11.8 Å². The summed E-state index contributed by atoms with van der Waals surface area (Å²) in [6.07, 6.45) is 14.2. The fourth-order valence-electron chi connectivity index (χ4n) is 4.72. The minimum Gasteiger partial charge on any atom is -0.339 e. The summed E-state index contributed by atoms with van der Waals surface area (Å²) in [5, 5.41) is 0. The van der Waals surface area contributed by atoms with Gasteiger partial charge in [-0.3, -0.25) is 9.59 Å². The molecule has 0 spiro atoms. The van der Waals surface area contributed by atoms with Crippen LogP contribution in [-0.2, 0) is 9.59 Å². The maximum atomic E-state index is 12.8. The second-order valence-corrected chi connectivity index (χ2v) is 8.03. The lowest BCUT2D eigenvalue weighted by atomic mass is 9.97. The van der Waals surface area contributed by atoms with Gasteiger partial charge in [-0.2, -0.15) is 0 Å². The van der Waals surface area contributed by atoms with Gasteiger partial charge in [-0.05, 0) is 25.7 Å². The molecule has 0 atom stereocenters. The van der Waals surface area contributed by atoms with Gasteiger partial charge in [0, 0.05) is 38.0 Å². The fraction of sp³-hybridized carbons (Fsp3) is 0.900. The highest BCUT2D eigenvalue weighted by atomic mass is 16.2. The summed E-state index contributed by atoms with van der Waals surface area (Å²) in [6.45, 7) is 2.98. The van der Waals surface area contributed by atoms with Gasteiger partial charge >= 0.3 is 0 Å². The smallest absolute Gasteiger partial charge is 0.225 e. The second-order valence-electron chi connectivity index (χ2n) is 8.03. The van der Waals surface area contributed by atoms with Gasteiger partial charge < -0.3 is 9.80 Å². The minimum absolute atomic E-state index is 0.247. The summed E-state index contributed by atoms with van der Waals surface area (Å²) >= 11 is 0. The maximum Gasteiger partial charge on any atom is 0.225 e. The molecule has 0 unspecified atom stereocenters. The van der Waals surface area contributed by atoms with E-state index in [1.165, 1.54) is 51.4 Å². The van der Waals surface area contributed by atoms with Gasteiger partial charge in [0.25, 0.3) is 0 Å². The summed E-state index contributed by atoms with van der Waals surface area (Å²) in [4.78, 5) is 29.6. The standard InChI is InChI=1S/C20H34N2O2/c23-19(17-9-5-1-2-6-10-17)21-13-15-22(16-14-21)20(24)18-11-7-3-4-8-12-18/h17-18H,1-16H2. The van der Waals surface area contributed by atoms with Crippen molar-refractivity contribution in [1.82, 2.24) is 9.80 Å². The lowest BCUT2D eigenvalue weighted by molar-refractivity contribution is -0.144. The monoisotopic (exact) mass is 334 g/mol. The Morgan fingerprint density at radius 3 is 1.08 bits per heavy atom. The Bertz CT molecular complexity index is 373. The van der Waals surface area contributed by atoms with Crippen molar-refractivity contribution in [3.05, 3.63) is 0 Å². The Balaban J connectivity index is 1.47. The number of carbonyl (C=O) groups excluding carboxylic acids is 2. The van der Waals surface area contributed by atoms with Crippen LogP contribution in [0.25, 0.3) is 0 Å². The second kappa shape index (κ2) is 8.87. The zero-order valence-electron chi connectivity index (χ0n) is 15.2. The van der Waals surface area contributed by atoms with Crippen molar-refractivity contribution in [1.29, 1.82) is 0 Å². The van der Waals surface area contributed by atoms with Crippen LogP contribution in [0.15, 0.2) is 0 Å². The molecular formula is C20H34N2O2. The van der Waals surface area contributed by atoms with Crippen molar-refractivity contribution in [3.8, 4) is 0 Å². The van der Waals surface area contributed by atoms with Crippen molar-refractivity contribution in [2.24, 2.45) is 11.8 Å². The van der Waals surface area contributed by atoms with Crippen LogP contribution in [-0.4, -0.2) is 47.8 Å². The first-order valence-electron chi connectivity index (χ1n) is 10.3. The van der Waals surface area contributed by atoms with Gasteiger partial charge in [-0.15, -0.1) is 0 Å². The van der Waals surface area contributed by atoms with E-state index in [4.69, 9.17) is 0 Å². The van der Waals surface area contributed by atoms with E-state index < -0.39 is 0 Å². The largest absolute Gasteiger partial charge is 0.339 e. The fourth-order valence-corrected chi connectivity index (χ4v) is 4.72. The van der Waals surface area contributed by atoms with Crippen molar-refractivity contribution in [2.75, 3.05) is 26.2 Å². The number of piperazine rings is 1. The van der Waals surface area contributed by atoms with Crippen molar-refractivity contribution < 1.29 is 9.59 Å². The number of hydrogen-bond acceptors (Lipinski definition) is 2. The lowest BCUT2D eigenvalue weighted by Gasteiger charge is -2.37. The third kappa shape index (κ3) is 4.52. The van der Waals surface area contributed by atoms with Crippen LogP contribution < -0.4 is 0 Å². The molecule has 1 aliphatic heterocycles. The van der Waals surface area contributed by atoms with E-state index in [2.05, 4.69) is 0 Å². The molecule has 1 heterocycles. The predicted octanol–water partition coefficient (Wildman–Crippen LogP) is 3.60. The molecule has 0 N–H and O–H groups in total. The van der Waals surface area contributed by atoms with E-state index in [1.54, 1.807) is 0 Å². The van der Waals surface area contributed by atoms with Crippen LogP contribution in [0.1, 0.15) is 77.0 Å². The first-order valence-corrected chi connectivity index (χ1v) is 10.3. The van der Waals surface area contributed by atoms with Gasteiger partial charge in [-0.1, -0.05) is 51.4 Å². The maximum absolute atomic E-state index is 12.8. The van der Waals surface area contributed by atoms with Crippen LogP contribution in [0.4, 0.5) is 0 Å². The first-order chi connectivity index (χ1) is 11.8. The lowest BCUT2D eigenvalue weighted by Crippen LogP contribution is -2.53. The predicted molar refractivity (Wildman–Crippen MR) is 95.5 cm³/mol. The molecule has 0 bridgehead atoms. The molecule has 0 aromatic heterocycles. The van der Waals surface area contributed by atoms with Crippen molar-refractivity contribution in [2.45, 2.75) is 77.0 Å². The molecule has 4 nitrogen and oxygen atoms in total. The highest BCUT2D eigenvalue weighted by Crippen LogP contribution is 2.27.